The van der Waals surface area contributed by atoms with Crippen molar-refractivity contribution in [1.82, 2.24) is 24.9 Å². The summed E-state index contributed by atoms with van der Waals surface area (Å²) in [6, 6.07) is 11.0. The number of fused-ring (bicyclic) bond motifs is 1. The number of nitrogens with one attached hydrogen (secondary N) is 2. The van der Waals surface area contributed by atoms with Gasteiger partial charge in [0.1, 0.15) is 5.60 Å². The molecular weight excluding hydrogens is 406 g/mol. The highest BCUT2D eigenvalue weighted by Crippen LogP contribution is 2.33. The molecule has 0 unspecified atom stereocenters. The maximum atomic E-state index is 13.0. The summed E-state index contributed by atoms with van der Waals surface area (Å²) in [7, 11) is 0. The molecule has 8 nitrogen and oxygen atoms in total. The Hall–Kier alpha value is -3.26. The standard InChI is InChI=1S/C24H27N5O3/c30-20-15-19(26-23-27-21(28-29(20)23)18-7-3-1-4-8-18)16-32-24(12-5-2-6-13-24)22(31)25-14-11-17-9-10-17/h1,3-4,7-9,15H,2,5-6,10-14,16H2,(H,25,31)(H,26,27,28). The van der Waals surface area contributed by atoms with Gasteiger partial charge in [-0.3, -0.25) is 14.7 Å². The van der Waals surface area contributed by atoms with Gasteiger partial charge in [-0.25, -0.2) is 4.98 Å². The Morgan fingerprint density at radius 1 is 1.16 bits per heavy atom. The molecular formula is C24H27N5O3. The molecule has 0 saturated heterocycles. The summed E-state index contributed by atoms with van der Waals surface area (Å²) in [5.74, 6) is 0.805. The second-order valence-electron chi connectivity index (χ2n) is 8.58. The van der Waals surface area contributed by atoms with Gasteiger partial charge in [-0.2, -0.15) is 9.50 Å². The third-order valence-corrected chi connectivity index (χ3v) is 6.23. The molecule has 0 aliphatic heterocycles. The Labute approximate surface area is 185 Å². The molecule has 8 heteroatoms. The van der Waals surface area contributed by atoms with Crippen molar-refractivity contribution in [2.75, 3.05) is 6.54 Å². The Morgan fingerprint density at radius 3 is 2.69 bits per heavy atom. The van der Waals surface area contributed by atoms with Gasteiger partial charge in [0, 0.05) is 18.2 Å². The Balaban J connectivity index is 1.33. The van der Waals surface area contributed by atoms with Crippen LogP contribution in [-0.4, -0.2) is 37.6 Å². The molecule has 0 spiro atoms. The van der Waals surface area contributed by atoms with Crippen molar-refractivity contribution in [2.45, 2.75) is 57.2 Å². The summed E-state index contributed by atoms with van der Waals surface area (Å²) in [6.45, 7) is 0.731. The largest absolute Gasteiger partial charge is 0.359 e. The van der Waals surface area contributed by atoms with E-state index in [1.807, 2.05) is 30.3 Å². The normalized spacial score (nSPS) is 17.2. The van der Waals surface area contributed by atoms with Crippen molar-refractivity contribution in [3.63, 3.8) is 0 Å². The van der Waals surface area contributed by atoms with Gasteiger partial charge in [-0.1, -0.05) is 61.2 Å². The van der Waals surface area contributed by atoms with E-state index in [0.29, 0.717) is 30.9 Å². The number of H-pyrrole nitrogens is 1. The number of nitrogens with zero attached hydrogens (tertiary/aromatic N) is 3. The fraction of sp³-hybridized carbons (Fsp3) is 0.417. The number of aromatic amines is 1. The van der Waals surface area contributed by atoms with Crippen LogP contribution in [0, 0.1) is 0 Å². The van der Waals surface area contributed by atoms with Crippen LogP contribution in [0.15, 0.2) is 52.8 Å². The predicted octanol–water partition coefficient (Wildman–Crippen LogP) is 3.14. The van der Waals surface area contributed by atoms with Crippen LogP contribution in [0.1, 0.15) is 50.6 Å². The van der Waals surface area contributed by atoms with Crippen LogP contribution in [0.2, 0.25) is 0 Å². The van der Waals surface area contributed by atoms with Crippen LogP contribution in [0.5, 0.6) is 0 Å². The molecule has 1 amide bonds. The van der Waals surface area contributed by atoms with E-state index in [1.165, 1.54) is 16.2 Å². The SMILES string of the molecule is O=C(NCCC1=CC1)C1(OCc2cc(=O)n3[nH]c(-c4ccccc4)nc3n2)CCCCC1. The number of amides is 1. The van der Waals surface area contributed by atoms with E-state index in [-0.39, 0.29) is 23.9 Å². The lowest BCUT2D eigenvalue weighted by atomic mass is 9.83. The molecule has 1 fully saturated rings. The van der Waals surface area contributed by atoms with Gasteiger partial charge in [0.05, 0.1) is 12.3 Å². The first kappa shape index (κ1) is 20.6. The minimum atomic E-state index is -0.857. The minimum Gasteiger partial charge on any atom is -0.359 e. The number of hydrogen-bond donors (Lipinski definition) is 2. The Kier molecular flexibility index (Phi) is 5.61. The highest BCUT2D eigenvalue weighted by Gasteiger charge is 2.40. The molecule has 166 valence electrons. The maximum Gasteiger partial charge on any atom is 0.274 e. The topological polar surface area (TPSA) is 101 Å². The maximum absolute atomic E-state index is 13.0. The molecule has 5 rings (SSSR count). The first-order valence-electron chi connectivity index (χ1n) is 11.3. The quantitative estimate of drug-likeness (QED) is 0.532. The van der Waals surface area contributed by atoms with E-state index in [4.69, 9.17) is 4.74 Å². The molecule has 2 heterocycles. The summed E-state index contributed by atoms with van der Waals surface area (Å²) in [5.41, 5.74) is 1.62. The molecule has 1 saturated carbocycles. The van der Waals surface area contributed by atoms with Crippen molar-refractivity contribution in [3.05, 3.63) is 64.1 Å². The van der Waals surface area contributed by atoms with Gasteiger partial charge in [0.25, 0.3) is 17.2 Å². The molecule has 1 aromatic carbocycles. The van der Waals surface area contributed by atoms with Gasteiger partial charge >= 0.3 is 0 Å². The summed E-state index contributed by atoms with van der Waals surface area (Å²) >= 11 is 0. The van der Waals surface area contributed by atoms with Gasteiger partial charge in [0.15, 0.2) is 5.82 Å². The van der Waals surface area contributed by atoms with Crippen molar-refractivity contribution < 1.29 is 9.53 Å². The number of ether oxygens (including phenoxy) is 1. The lowest BCUT2D eigenvalue weighted by Gasteiger charge is -2.35. The summed E-state index contributed by atoms with van der Waals surface area (Å²) in [5, 5.41) is 6.05. The number of rotatable bonds is 8. The number of aromatic nitrogens is 4. The minimum absolute atomic E-state index is 0.0533. The van der Waals surface area contributed by atoms with Crippen molar-refractivity contribution in [1.29, 1.82) is 0 Å². The molecule has 2 aliphatic carbocycles. The monoisotopic (exact) mass is 433 g/mol. The highest BCUT2D eigenvalue weighted by atomic mass is 16.5. The molecule has 2 N–H and O–H groups in total. The van der Waals surface area contributed by atoms with Crippen molar-refractivity contribution in [2.24, 2.45) is 0 Å². The fourth-order valence-electron chi connectivity index (χ4n) is 4.27. The smallest absolute Gasteiger partial charge is 0.274 e. The van der Waals surface area contributed by atoms with Crippen LogP contribution in [0.3, 0.4) is 0 Å². The van der Waals surface area contributed by atoms with Crippen LogP contribution in [-0.2, 0) is 16.1 Å². The van der Waals surface area contributed by atoms with Crippen LogP contribution in [0.4, 0.5) is 0 Å². The van der Waals surface area contributed by atoms with E-state index in [1.54, 1.807) is 0 Å². The summed E-state index contributed by atoms with van der Waals surface area (Å²) in [6.07, 6.45) is 8.53. The number of carbonyl (C=O) groups excluding carboxylic acids is 1. The van der Waals surface area contributed by atoms with Gasteiger partial charge in [-0.15, -0.1) is 0 Å². The molecule has 2 aliphatic rings. The zero-order chi connectivity index (χ0) is 22.0. The number of carbonyl (C=O) groups is 1. The number of allylic oxidation sites excluding steroid dienone is 1. The van der Waals surface area contributed by atoms with Gasteiger partial charge < -0.3 is 10.1 Å². The van der Waals surface area contributed by atoms with Crippen molar-refractivity contribution >= 4 is 11.7 Å². The Bertz CT molecular complexity index is 1210. The molecule has 3 aromatic rings. The highest BCUT2D eigenvalue weighted by molar-refractivity contribution is 5.85. The fourth-order valence-corrected chi connectivity index (χ4v) is 4.27. The lowest BCUT2D eigenvalue weighted by Crippen LogP contribution is -2.50. The first-order chi connectivity index (χ1) is 15.6. The zero-order valence-electron chi connectivity index (χ0n) is 18.0. The predicted molar refractivity (Wildman–Crippen MR) is 120 cm³/mol. The molecule has 0 atom stereocenters. The average molecular weight is 434 g/mol. The second kappa shape index (κ2) is 8.70. The average Bonchev–Trinajstić information content (AvgIpc) is 3.54. The van der Waals surface area contributed by atoms with E-state index in [0.717, 1.165) is 37.7 Å². The number of benzene rings is 1. The van der Waals surface area contributed by atoms with Crippen molar-refractivity contribution in [3.8, 4) is 11.4 Å². The summed E-state index contributed by atoms with van der Waals surface area (Å²) in [4.78, 5) is 34.6. The van der Waals surface area contributed by atoms with E-state index in [9.17, 15) is 9.59 Å². The summed E-state index contributed by atoms with van der Waals surface area (Å²) < 4.78 is 7.53. The second-order valence-corrected chi connectivity index (χ2v) is 8.58. The van der Waals surface area contributed by atoms with Crippen LogP contribution < -0.4 is 10.9 Å². The molecule has 2 aromatic heterocycles. The van der Waals surface area contributed by atoms with Gasteiger partial charge in [-0.05, 0) is 25.7 Å². The van der Waals surface area contributed by atoms with Gasteiger partial charge in [0.2, 0.25) is 0 Å². The Morgan fingerprint density at radius 2 is 1.94 bits per heavy atom. The number of hydrogen-bond acceptors (Lipinski definition) is 5. The zero-order valence-corrected chi connectivity index (χ0v) is 18.0. The van der Waals surface area contributed by atoms with Crippen LogP contribution >= 0.6 is 0 Å². The van der Waals surface area contributed by atoms with E-state index in [2.05, 4.69) is 26.5 Å². The van der Waals surface area contributed by atoms with Crippen LogP contribution in [0.25, 0.3) is 17.2 Å². The third-order valence-electron chi connectivity index (χ3n) is 6.23. The lowest BCUT2D eigenvalue weighted by molar-refractivity contribution is -0.154. The molecule has 0 radical (unpaired) electrons. The molecule has 32 heavy (non-hydrogen) atoms. The first-order valence-corrected chi connectivity index (χ1v) is 11.3. The van der Waals surface area contributed by atoms with E-state index >= 15 is 0 Å². The third kappa shape index (κ3) is 4.36. The molecule has 0 bridgehead atoms. The van der Waals surface area contributed by atoms with E-state index < -0.39 is 5.60 Å².